The van der Waals surface area contributed by atoms with Crippen molar-refractivity contribution in [1.29, 1.82) is 0 Å². The number of hydrogen-bond acceptors (Lipinski definition) is 1. The van der Waals surface area contributed by atoms with E-state index in [1.807, 2.05) is 13.0 Å². The van der Waals surface area contributed by atoms with Crippen LogP contribution in [0.15, 0.2) is 24.3 Å². The van der Waals surface area contributed by atoms with E-state index in [0.717, 1.165) is 6.42 Å². The highest BCUT2D eigenvalue weighted by Gasteiger charge is 2.13. The number of methoxy groups -OCH3 is 1. The van der Waals surface area contributed by atoms with Crippen LogP contribution in [0.2, 0.25) is 0 Å². The molecule has 0 fully saturated rings. The Morgan fingerprint density at radius 3 is 2.58 bits per heavy atom. The minimum absolute atomic E-state index is 0.236. The summed E-state index contributed by atoms with van der Waals surface area (Å²) in [5.41, 5.74) is 1.25. The van der Waals surface area contributed by atoms with Crippen molar-refractivity contribution in [2.75, 3.05) is 7.11 Å². The Labute approximate surface area is 83.6 Å². The van der Waals surface area contributed by atoms with E-state index in [2.05, 4.69) is 35.5 Å². The first-order valence-corrected chi connectivity index (χ1v) is 5.01. The molecule has 0 aliphatic carbocycles. The third kappa shape index (κ3) is 4.07. The van der Waals surface area contributed by atoms with Crippen LogP contribution in [0.3, 0.4) is 0 Å². The molecule has 0 saturated carbocycles. The largest absolute Gasteiger partial charge is 0.381 e. The predicted molar refractivity (Wildman–Crippen MR) is 57.8 cm³/mol. The molecule has 0 aromatic heterocycles. The summed E-state index contributed by atoms with van der Waals surface area (Å²) in [5.74, 6) is 0. The second-order valence-electron chi connectivity index (χ2n) is 2.73. The Hall–Kier alpha value is -0.0800. The Bertz CT molecular complexity index is 163. The molecule has 0 saturated heterocycles. The smallest absolute Gasteiger partial charge is 0.0671 e. The Morgan fingerprint density at radius 2 is 2.25 bits per heavy atom. The maximum Gasteiger partial charge on any atom is 0.0671 e. The van der Waals surface area contributed by atoms with E-state index < -0.39 is 0 Å². The lowest BCUT2D eigenvalue weighted by molar-refractivity contribution is 0.117. The van der Waals surface area contributed by atoms with Gasteiger partial charge in [0.15, 0.2) is 0 Å². The maximum absolute atomic E-state index is 5.19. The molecule has 0 aliphatic heterocycles. The first-order chi connectivity index (χ1) is 5.65. The van der Waals surface area contributed by atoms with E-state index in [4.69, 9.17) is 4.74 Å². The molecule has 2 heteroatoms. The Balaban J connectivity index is 3.98. The number of alkyl halides is 1. The summed E-state index contributed by atoms with van der Waals surface area (Å²) in [5, 5.41) is 0. The average molecular weight is 233 g/mol. The minimum Gasteiger partial charge on any atom is -0.381 e. The number of rotatable bonds is 5. The Morgan fingerprint density at radius 1 is 1.67 bits per heavy atom. The van der Waals surface area contributed by atoms with Crippen molar-refractivity contribution in [3.63, 3.8) is 0 Å². The van der Waals surface area contributed by atoms with Gasteiger partial charge in [-0.25, -0.2) is 0 Å². The molecule has 0 spiro atoms. The van der Waals surface area contributed by atoms with Gasteiger partial charge < -0.3 is 4.74 Å². The normalized spacial score (nSPS) is 17.2. The lowest BCUT2D eigenvalue weighted by Gasteiger charge is -2.16. The molecule has 1 unspecified atom stereocenters. The van der Waals surface area contributed by atoms with Gasteiger partial charge in [0.1, 0.15) is 0 Å². The van der Waals surface area contributed by atoms with E-state index in [1.165, 1.54) is 5.57 Å². The van der Waals surface area contributed by atoms with Gasteiger partial charge in [0, 0.05) is 11.9 Å². The molecule has 2 atom stereocenters. The molecule has 0 aromatic carbocycles. The Kier molecular flexibility index (Phi) is 6.39. The third-order valence-electron chi connectivity index (χ3n) is 1.94. The van der Waals surface area contributed by atoms with Crippen LogP contribution in [0.25, 0.3) is 0 Å². The van der Waals surface area contributed by atoms with E-state index in [-0.39, 0.29) is 6.10 Å². The molecular weight excluding hydrogens is 216 g/mol. The fourth-order valence-corrected chi connectivity index (χ4v) is 1.45. The van der Waals surface area contributed by atoms with E-state index in [0.29, 0.717) is 4.83 Å². The summed E-state index contributed by atoms with van der Waals surface area (Å²) >= 11 is 3.57. The van der Waals surface area contributed by atoms with Crippen LogP contribution in [-0.4, -0.2) is 18.0 Å². The number of halogens is 1. The highest BCUT2D eigenvalue weighted by atomic mass is 79.9. The molecule has 0 amide bonds. The van der Waals surface area contributed by atoms with Gasteiger partial charge in [-0.1, -0.05) is 40.2 Å². The van der Waals surface area contributed by atoms with Gasteiger partial charge in [-0.15, -0.1) is 0 Å². The van der Waals surface area contributed by atoms with Crippen molar-refractivity contribution in [1.82, 2.24) is 0 Å². The standard InChI is InChI=1S/C10H17BrO/c1-5-9(6-2)7-10(11)8(3)12-4/h5-6,8,10H,1,7H2,2-4H3/b9-6-/t8?,10-/m0/s1. The minimum atomic E-state index is 0.236. The summed E-state index contributed by atoms with van der Waals surface area (Å²) in [6.07, 6.45) is 5.16. The number of allylic oxidation sites excluding steroid dienone is 3. The van der Waals surface area contributed by atoms with E-state index >= 15 is 0 Å². The summed E-state index contributed by atoms with van der Waals surface area (Å²) < 4.78 is 5.19. The molecule has 0 rings (SSSR count). The summed E-state index contributed by atoms with van der Waals surface area (Å²) in [6, 6.07) is 0. The number of hydrogen-bond donors (Lipinski definition) is 0. The van der Waals surface area contributed by atoms with Crippen LogP contribution >= 0.6 is 15.9 Å². The van der Waals surface area contributed by atoms with E-state index in [9.17, 15) is 0 Å². The van der Waals surface area contributed by atoms with Gasteiger partial charge in [0.2, 0.25) is 0 Å². The van der Waals surface area contributed by atoms with Crippen molar-refractivity contribution in [2.45, 2.75) is 31.2 Å². The molecule has 12 heavy (non-hydrogen) atoms. The summed E-state index contributed by atoms with van der Waals surface area (Å²) in [6.45, 7) is 7.81. The molecule has 0 bridgehead atoms. The van der Waals surface area contributed by atoms with Crippen molar-refractivity contribution < 1.29 is 4.74 Å². The summed E-state index contributed by atoms with van der Waals surface area (Å²) in [4.78, 5) is 0.367. The van der Waals surface area contributed by atoms with Gasteiger partial charge in [0.05, 0.1) is 6.10 Å². The molecule has 0 N–H and O–H groups in total. The zero-order valence-electron chi connectivity index (χ0n) is 8.01. The number of ether oxygens (including phenoxy) is 1. The zero-order chi connectivity index (χ0) is 9.56. The molecule has 0 heterocycles. The van der Waals surface area contributed by atoms with Crippen molar-refractivity contribution in [2.24, 2.45) is 0 Å². The first kappa shape index (κ1) is 11.9. The van der Waals surface area contributed by atoms with Crippen molar-refractivity contribution in [3.8, 4) is 0 Å². The highest BCUT2D eigenvalue weighted by molar-refractivity contribution is 9.09. The second-order valence-corrected chi connectivity index (χ2v) is 3.90. The second kappa shape index (κ2) is 6.44. The van der Waals surface area contributed by atoms with Gasteiger partial charge in [-0.05, 0) is 20.3 Å². The van der Waals surface area contributed by atoms with Crippen molar-refractivity contribution in [3.05, 3.63) is 24.3 Å². The third-order valence-corrected chi connectivity index (χ3v) is 3.01. The van der Waals surface area contributed by atoms with E-state index in [1.54, 1.807) is 7.11 Å². The maximum atomic E-state index is 5.19. The van der Waals surface area contributed by atoms with Crippen LogP contribution < -0.4 is 0 Å². The molecule has 0 radical (unpaired) electrons. The van der Waals surface area contributed by atoms with Crippen LogP contribution in [-0.2, 0) is 4.74 Å². The van der Waals surface area contributed by atoms with Gasteiger partial charge in [-0.2, -0.15) is 0 Å². The van der Waals surface area contributed by atoms with Crippen LogP contribution in [0.1, 0.15) is 20.3 Å². The average Bonchev–Trinajstić information content (AvgIpc) is 2.12. The lowest BCUT2D eigenvalue weighted by atomic mass is 10.1. The fraction of sp³-hybridized carbons (Fsp3) is 0.600. The SMILES string of the molecule is C=C/C(=C/C)C[C@H](Br)C(C)OC. The molecule has 70 valence electrons. The van der Waals surface area contributed by atoms with Gasteiger partial charge in [0.25, 0.3) is 0 Å². The summed E-state index contributed by atoms with van der Waals surface area (Å²) in [7, 11) is 1.72. The first-order valence-electron chi connectivity index (χ1n) is 4.10. The fourth-order valence-electron chi connectivity index (χ4n) is 0.858. The van der Waals surface area contributed by atoms with Crippen LogP contribution in [0.4, 0.5) is 0 Å². The zero-order valence-corrected chi connectivity index (χ0v) is 9.60. The lowest BCUT2D eigenvalue weighted by Crippen LogP contribution is -2.19. The van der Waals surface area contributed by atoms with Crippen LogP contribution in [0, 0.1) is 0 Å². The molecule has 1 nitrogen and oxygen atoms in total. The van der Waals surface area contributed by atoms with Gasteiger partial charge in [-0.3, -0.25) is 0 Å². The molecular formula is C10H17BrO. The highest BCUT2D eigenvalue weighted by Crippen LogP contribution is 2.18. The molecule has 0 aromatic rings. The molecule has 0 aliphatic rings. The quantitative estimate of drug-likeness (QED) is 0.523. The topological polar surface area (TPSA) is 9.23 Å². The monoisotopic (exact) mass is 232 g/mol. The van der Waals surface area contributed by atoms with Crippen molar-refractivity contribution >= 4 is 15.9 Å². The van der Waals surface area contributed by atoms with Crippen LogP contribution in [0.5, 0.6) is 0 Å². The predicted octanol–water partition coefficient (Wildman–Crippen LogP) is 3.31. The van der Waals surface area contributed by atoms with Gasteiger partial charge >= 0.3 is 0 Å².